The monoisotopic (exact) mass is 316 g/mol. The van der Waals surface area contributed by atoms with Crippen molar-refractivity contribution in [3.05, 3.63) is 35.4 Å². The summed E-state index contributed by atoms with van der Waals surface area (Å²) in [6, 6.07) is 8.32. The highest BCUT2D eigenvalue weighted by atomic mass is 16.1. The Bertz CT molecular complexity index is 526. The van der Waals surface area contributed by atoms with Gasteiger partial charge in [0, 0.05) is 30.2 Å². The van der Waals surface area contributed by atoms with E-state index in [1.807, 2.05) is 12.1 Å². The molecule has 0 saturated carbocycles. The lowest BCUT2D eigenvalue weighted by Gasteiger charge is -2.41. The zero-order valence-electron chi connectivity index (χ0n) is 15.6. The third kappa shape index (κ3) is 4.81. The molecule has 1 N–H and O–H groups in total. The van der Waals surface area contributed by atoms with Gasteiger partial charge in [-0.2, -0.15) is 0 Å². The molecule has 0 bridgehead atoms. The number of carbonyl (C=O) groups excluding carboxylic acids is 1. The first kappa shape index (κ1) is 18.0. The first-order chi connectivity index (χ1) is 10.6. The van der Waals surface area contributed by atoms with Crippen LogP contribution in [0.25, 0.3) is 0 Å². The summed E-state index contributed by atoms with van der Waals surface area (Å²) in [5.74, 6) is 0.0552. The average Bonchev–Trinajstić information content (AvgIpc) is 2.46. The molecule has 0 spiro atoms. The quantitative estimate of drug-likeness (QED) is 0.895. The Labute approximate surface area is 141 Å². The topological polar surface area (TPSA) is 32.3 Å². The largest absolute Gasteiger partial charge is 0.349 e. The van der Waals surface area contributed by atoms with Crippen molar-refractivity contribution in [2.75, 3.05) is 13.1 Å². The van der Waals surface area contributed by atoms with Crippen molar-refractivity contribution in [2.24, 2.45) is 0 Å². The molecule has 23 heavy (non-hydrogen) atoms. The first-order valence-corrected chi connectivity index (χ1v) is 8.74. The summed E-state index contributed by atoms with van der Waals surface area (Å²) in [5, 5.41) is 3.20. The van der Waals surface area contributed by atoms with Gasteiger partial charge in [0.25, 0.3) is 5.91 Å². The summed E-state index contributed by atoms with van der Waals surface area (Å²) >= 11 is 0. The van der Waals surface area contributed by atoms with Crippen molar-refractivity contribution < 1.29 is 4.79 Å². The molecular weight excluding hydrogens is 284 g/mol. The summed E-state index contributed by atoms with van der Waals surface area (Å²) in [5.41, 5.74) is 2.36. The molecule has 3 nitrogen and oxygen atoms in total. The van der Waals surface area contributed by atoms with E-state index in [0.29, 0.717) is 6.04 Å². The van der Waals surface area contributed by atoms with Gasteiger partial charge in [0.05, 0.1) is 0 Å². The lowest BCUT2D eigenvalue weighted by atomic mass is 9.86. The Morgan fingerprint density at radius 1 is 1.00 bits per heavy atom. The third-order valence-electron chi connectivity index (χ3n) is 4.79. The highest BCUT2D eigenvalue weighted by molar-refractivity contribution is 5.94. The summed E-state index contributed by atoms with van der Waals surface area (Å²) in [4.78, 5) is 14.9. The molecule has 0 unspecified atom stereocenters. The number of rotatable bonds is 2. The molecule has 1 amide bonds. The summed E-state index contributed by atoms with van der Waals surface area (Å²) in [6.45, 7) is 15.4. The van der Waals surface area contributed by atoms with Crippen LogP contribution in [0.15, 0.2) is 24.3 Å². The zero-order valence-corrected chi connectivity index (χ0v) is 15.6. The van der Waals surface area contributed by atoms with Gasteiger partial charge in [0.15, 0.2) is 0 Å². The molecule has 3 heteroatoms. The van der Waals surface area contributed by atoms with E-state index < -0.39 is 0 Å². The zero-order chi connectivity index (χ0) is 17.3. The van der Waals surface area contributed by atoms with E-state index in [2.05, 4.69) is 63.9 Å². The molecule has 1 heterocycles. The maximum absolute atomic E-state index is 12.4. The van der Waals surface area contributed by atoms with E-state index >= 15 is 0 Å². The summed E-state index contributed by atoms with van der Waals surface area (Å²) in [7, 11) is 0. The molecule has 1 aromatic rings. The molecule has 0 radical (unpaired) electrons. The van der Waals surface area contributed by atoms with E-state index in [1.54, 1.807) is 0 Å². The number of piperidine rings is 1. The molecule has 128 valence electrons. The third-order valence-corrected chi connectivity index (χ3v) is 4.79. The highest BCUT2D eigenvalue weighted by Gasteiger charge is 2.27. The minimum absolute atomic E-state index is 0.0552. The van der Waals surface area contributed by atoms with E-state index in [-0.39, 0.29) is 16.9 Å². The second-order valence-electron chi connectivity index (χ2n) is 8.73. The minimum atomic E-state index is 0.0552. The van der Waals surface area contributed by atoms with Gasteiger partial charge in [-0.3, -0.25) is 9.69 Å². The maximum Gasteiger partial charge on any atom is 0.251 e. The average molecular weight is 316 g/mol. The SMILES string of the molecule is CC(C)(C)c1ccc(C(=O)NC2CCN(C(C)(C)C)CC2)cc1. The van der Waals surface area contributed by atoms with Crippen molar-refractivity contribution in [3.8, 4) is 0 Å². The molecule has 1 aliphatic heterocycles. The van der Waals surface area contributed by atoms with Crippen LogP contribution in [0.4, 0.5) is 0 Å². The molecule has 1 fully saturated rings. The number of hydrogen-bond acceptors (Lipinski definition) is 2. The van der Waals surface area contributed by atoms with E-state index in [1.165, 1.54) is 5.56 Å². The van der Waals surface area contributed by atoms with Crippen LogP contribution in [0.3, 0.4) is 0 Å². The predicted octanol–water partition coefficient (Wildman–Crippen LogP) is 3.98. The van der Waals surface area contributed by atoms with Crippen molar-refractivity contribution in [2.45, 2.75) is 71.4 Å². The van der Waals surface area contributed by atoms with Crippen molar-refractivity contribution in [3.63, 3.8) is 0 Å². The molecular formula is C20H32N2O. The number of likely N-dealkylation sites (tertiary alicyclic amines) is 1. The van der Waals surface area contributed by atoms with E-state index in [4.69, 9.17) is 0 Å². The number of benzene rings is 1. The molecule has 0 atom stereocenters. The number of amides is 1. The Morgan fingerprint density at radius 3 is 1.96 bits per heavy atom. The standard InChI is InChI=1S/C20H32N2O/c1-19(2,3)16-9-7-15(8-10-16)18(23)21-17-11-13-22(14-12-17)20(4,5)6/h7-10,17H,11-14H2,1-6H3,(H,21,23). The molecule has 1 saturated heterocycles. The number of nitrogens with one attached hydrogen (secondary N) is 1. The van der Waals surface area contributed by atoms with Gasteiger partial charge in [0.2, 0.25) is 0 Å². The minimum Gasteiger partial charge on any atom is -0.349 e. The van der Waals surface area contributed by atoms with Crippen LogP contribution in [-0.2, 0) is 5.41 Å². The molecule has 1 aliphatic rings. The van der Waals surface area contributed by atoms with Crippen molar-refractivity contribution >= 4 is 5.91 Å². The van der Waals surface area contributed by atoms with Crippen LogP contribution >= 0.6 is 0 Å². The van der Waals surface area contributed by atoms with Gasteiger partial charge < -0.3 is 5.32 Å². The first-order valence-electron chi connectivity index (χ1n) is 8.74. The van der Waals surface area contributed by atoms with Gasteiger partial charge in [0.1, 0.15) is 0 Å². The van der Waals surface area contributed by atoms with Crippen LogP contribution in [0.1, 0.15) is 70.3 Å². The summed E-state index contributed by atoms with van der Waals surface area (Å²) < 4.78 is 0. The van der Waals surface area contributed by atoms with Gasteiger partial charge in [-0.1, -0.05) is 32.9 Å². The Morgan fingerprint density at radius 2 is 1.52 bits per heavy atom. The lowest BCUT2D eigenvalue weighted by molar-refractivity contribution is 0.0812. The summed E-state index contributed by atoms with van der Waals surface area (Å²) in [6.07, 6.45) is 2.06. The van der Waals surface area contributed by atoms with Gasteiger partial charge in [-0.15, -0.1) is 0 Å². The normalized spacial score (nSPS) is 18.0. The van der Waals surface area contributed by atoms with Crippen LogP contribution in [0.5, 0.6) is 0 Å². The lowest BCUT2D eigenvalue weighted by Crippen LogP contribution is -2.50. The number of hydrogen-bond donors (Lipinski definition) is 1. The Hall–Kier alpha value is -1.35. The molecule has 0 aliphatic carbocycles. The molecule has 2 rings (SSSR count). The fraction of sp³-hybridized carbons (Fsp3) is 0.650. The van der Waals surface area contributed by atoms with Gasteiger partial charge in [-0.25, -0.2) is 0 Å². The van der Waals surface area contributed by atoms with Crippen LogP contribution < -0.4 is 5.32 Å². The molecule has 0 aromatic heterocycles. The van der Waals surface area contributed by atoms with Crippen molar-refractivity contribution in [1.82, 2.24) is 10.2 Å². The number of nitrogens with zero attached hydrogens (tertiary/aromatic N) is 1. The number of carbonyl (C=O) groups is 1. The van der Waals surface area contributed by atoms with Crippen LogP contribution in [0.2, 0.25) is 0 Å². The van der Waals surface area contributed by atoms with E-state index in [0.717, 1.165) is 31.5 Å². The second kappa shape index (κ2) is 6.64. The van der Waals surface area contributed by atoms with Gasteiger partial charge >= 0.3 is 0 Å². The smallest absolute Gasteiger partial charge is 0.251 e. The highest BCUT2D eigenvalue weighted by Crippen LogP contribution is 2.23. The fourth-order valence-electron chi connectivity index (χ4n) is 3.08. The predicted molar refractivity (Wildman–Crippen MR) is 97.0 cm³/mol. The molecule has 1 aromatic carbocycles. The Balaban J connectivity index is 1.91. The van der Waals surface area contributed by atoms with E-state index in [9.17, 15) is 4.79 Å². The van der Waals surface area contributed by atoms with Crippen LogP contribution in [-0.4, -0.2) is 35.5 Å². The maximum atomic E-state index is 12.4. The Kier molecular flexibility index (Phi) is 5.20. The second-order valence-corrected chi connectivity index (χ2v) is 8.73. The fourth-order valence-corrected chi connectivity index (χ4v) is 3.08. The van der Waals surface area contributed by atoms with Gasteiger partial charge in [-0.05, 0) is 56.7 Å². The van der Waals surface area contributed by atoms with Crippen LogP contribution in [0, 0.1) is 0 Å². The van der Waals surface area contributed by atoms with Crippen molar-refractivity contribution in [1.29, 1.82) is 0 Å².